The molecule has 0 spiro atoms. The smallest absolute Gasteiger partial charge is 0.194 e. The summed E-state index contributed by atoms with van der Waals surface area (Å²) in [6.07, 6.45) is -1.29. The number of aliphatic hydroxyl groups is 1. The Morgan fingerprint density at radius 1 is 0.900 bits per heavy atom. The molecule has 1 N–H and O–H groups in total. The summed E-state index contributed by atoms with van der Waals surface area (Å²) in [5.74, 6) is -4.65. The lowest BCUT2D eigenvalue weighted by atomic mass is 10.1. The molecule has 0 aliphatic rings. The van der Waals surface area contributed by atoms with Gasteiger partial charge in [0.1, 0.15) is 5.82 Å². The summed E-state index contributed by atoms with van der Waals surface area (Å²) in [5.41, 5.74) is -0.307. The molecular weight excluding hydrogens is 292 g/mol. The Hall–Kier alpha value is -1.53. The predicted molar refractivity (Wildman–Crippen MR) is 68.4 cm³/mol. The van der Waals surface area contributed by atoms with E-state index in [1.54, 1.807) is 0 Å². The van der Waals surface area contributed by atoms with Gasteiger partial charge in [-0.05, 0) is 30.3 Å². The number of rotatable bonds is 4. The van der Waals surface area contributed by atoms with Gasteiger partial charge in [0.2, 0.25) is 0 Å². The Labute approximate surface area is 117 Å². The summed E-state index contributed by atoms with van der Waals surface area (Å²) in [7, 11) is 0. The van der Waals surface area contributed by atoms with E-state index in [1.807, 2.05) is 0 Å². The Kier molecular flexibility index (Phi) is 4.67. The Morgan fingerprint density at radius 2 is 1.55 bits per heavy atom. The van der Waals surface area contributed by atoms with Crippen molar-refractivity contribution in [2.75, 3.05) is 5.75 Å². The van der Waals surface area contributed by atoms with Crippen molar-refractivity contribution in [1.29, 1.82) is 0 Å². The van der Waals surface area contributed by atoms with Gasteiger partial charge in [-0.2, -0.15) is 0 Å². The number of thioether (sulfide) groups is 1. The molecule has 6 heteroatoms. The lowest BCUT2D eigenvalue weighted by Crippen LogP contribution is -2.06. The minimum Gasteiger partial charge on any atom is -0.387 e. The van der Waals surface area contributed by atoms with Gasteiger partial charge >= 0.3 is 0 Å². The Bertz CT molecular complexity index is 601. The van der Waals surface area contributed by atoms with Gasteiger partial charge in [-0.3, -0.25) is 0 Å². The molecule has 0 aliphatic carbocycles. The van der Waals surface area contributed by atoms with Crippen LogP contribution in [0.5, 0.6) is 0 Å². The predicted octanol–water partition coefficient (Wildman–Crippen LogP) is 4.07. The number of hydrogen-bond acceptors (Lipinski definition) is 2. The molecule has 2 rings (SSSR count). The van der Waals surface area contributed by atoms with Gasteiger partial charge in [0.25, 0.3) is 0 Å². The first kappa shape index (κ1) is 14.9. The quantitative estimate of drug-likeness (QED) is 0.522. The molecule has 0 radical (unpaired) electrons. The fourth-order valence-electron chi connectivity index (χ4n) is 1.59. The van der Waals surface area contributed by atoms with Crippen LogP contribution in [0.4, 0.5) is 17.6 Å². The molecule has 1 nitrogen and oxygen atoms in total. The summed E-state index contributed by atoms with van der Waals surface area (Å²) in [6, 6.07) is 7.30. The highest BCUT2D eigenvalue weighted by Gasteiger charge is 2.19. The third-order valence-corrected chi connectivity index (χ3v) is 3.73. The maximum absolute atomic E-state index is 13.5. The lowest BCUT2D eigenvalue weighted by molar-refractivity contribution is 0.197. The van der Waals surface area contributed by atoms with Crippen LogP contribution in [0.3, 0.4) is 0 Å². The molecule has 0 bridgehead atoms. The van der Waals surface area contributed by atoms with Gasteiger partial charge in [0, 0.05) is 16.2 Å². The average Bonchev–Trinajstić information content (AvgIpc) is 2.44. The van der Waals surface area contributed by atoms with E-state index >= 15 is 0 Å². The second-order valence-electron chi connectivity index (χ2n) is 4.05. The summed E-state index contributed by atoms with van der Waals surface area (Å²) < 4.78 is 52.0. The van der Waals surface area contributed by atoms with Crippen molar-refractivity contribution >= 4 is 11.8 Å². The van der Waals surface area contributed by atoms with Gasteiger partial charge in [-0.1, -0.05) is 6.07 Å². The molecule has 0 aromatic heterocycles. The third kappa shape index (κ3) is 3.32. The number of hydrogen-bond donors (Lipinski definition) is 1. The molecule has 0 heterocycles. The molecular formula is C14H10F4OS. The first-order chi connectivity index (χ1) is 9.49. The van der Waals surface area contributed by atoms with Gasteiger partial charge in [0.15, 0.2) is 17.5 Å². The average molecular weight is 302 g/mol. The second kappa shape index (κ2) is 6.28. The molecule has 106 valence electrons. The summed E-state index contributed by atoms with van der Waals surface area (Å²) in [6.45, 7) is 0. The molecule has 2 aromatic rings. The zero-order chi connectivity index (χ0) is 14.7. The van der Waals surface area contributed by atoms with Gasteiger partial charge in [0.05, 0.1) is 6.10 Å². The molecule has 2 aromatic carbocycles. The third-order valence-electron chi connectivity index (χ3n) is 2.65. The number of aliphatic hydroxyl groups excluding tert-OH is 1. The lowest BCUT2D eigenvalue weighted by Gasteiger charge is -2.12. The number of benzene rings is 2. The molecule has 0 saturated heterocycles. The zero-order valence-electron chi connectivity index (χ0n) is 10.1. The van der Waals surface area contributed by atoms with Crippen molar-refractivity contribution in [3.05, 3.63) is 65.2 Å². The highest BCUT2D eigenvalue weighted by Crippen LogP contribution is 2.27. The van der Waals surface area contributed by atoms with E-state index in [9.17, 15) is 22.7 Å². The molecule has 0 fully saturated rings. The van der Waals surface area contributed by atoms with Gasteiger partial charge in [-0.25, -0.2) is 17.6 Å². The van der Waals surface area contributed by atoms with E-state index in [0.29, 0.717) is 4.90 Å². The maximum atomic E-state index is 13.5. The van der Waals surface area contributed by atoms with Crippen molar-refractivity contribution < 1.29 is 22.7 Å². The van der Waals surface area contributed by atoms with E-state index in [0.717, 1.165) is 23.9 Å². The van der Waals surface area contributed by atoms with Crippen LogP contribution in [0.1, 0.15) is 11.7 Å². The van der Waals surface area contributed by atoms with E-state index in [1.165, 1.54) is 24.3 Å². The highest BCUT2D eigenvalue weighted by molar-refractivity contribution is 7.99. The van der Waals surface area contributed by atoms with E-state index < -0.39 is 23.6 Å². The molecule has 0 aliphatic heterocycles. The van der Waals surface area contributed by atoms with Crippen molar-refractivity contribution in [3.8, 4) is 0 Å². The van der Waals surface area contributed by atoms with Crippen molar-refractivity contribution in [3.63, 3.8) is 0 Å². The summed E-state index contributed by atoms with van der Waals surface area (Å²) in [4.78, 5) is 0.674. The minimum absolute atomic E-state index is 0.0353. The van der Waals surface area contributed by atoms with E-state index in [-0.39, 0.29) is 17.1 Å². The fourth-order valence-corrected chi connectivity index (χ4v) is 2.45. The maximum Gasteiger partial charge on any atom is 0.194 e. The summed E-state index contributed by atoms with van der Waals surface area (Å²) >= 11 is 1.15. The van der Waals surface area contributed by atoms with Crippen LogP contribution in [-0.2, 0) is 0 Å². The molecule has 0 amide bonds. The van der Waals surface area contributed by atoms with Crippen LogP contribution in [0.25, 0.3) is 0 Å². The van der Waals surface area contributed by atoms with Crippen molar-refractivity contribution in [2.45, 2.75) is 11.0 Å². The molecule has 1 unspecified atom stereocenters. The standard InChI is InChI=1S/C14H10F4OS/c15-8-1-3-9(4-2-8)20-7-12(19)10-5-6-11(16)14(18)13(10)17/h1-6,12,19H,7H2. The van der Waals surface area contributed by atoms with Crippen molar-refractivity contribution in [1.82, 2.24) is 0 Å². The SMILES string of the molecule is OC(CSc1ccc(F)cc1)c1ccc(F)c(F)c1F. The van der Waals surface area contributed by atoms with Gasteiger partial charge in [-0.15, -0.1) is 11.8 Å². The topological polar surface area (TPSA) is 20.2 Å². The van der Waals surface area contributed by atoms with Crippen LogP contribution in [0, 0.1) is 23.3 Å². The second-order valence-corrected chi connectivity index (χ2v) is 5.14. The van der Waals surface area contributed by atoms with Crippen LogP contribution in [0.15, 0.2) is 41.3 Å². The molecule has 20 heavy (non-hydrogen) atoms. The van der Waals surface area contributed by atoms with Crippen LogP contribution >= 0.6 is 11.8 Å². The largest absolute Gasteiger partial charge is 0.387 e. The Balaban J connectivity index is 2.07. The van der Waals surface area contributed by atoms with Crippen LogP contribution < -0.4 is 0 Å². The van der Waals surface area contributed by atoms with E-state index in [4.69, 9.17) is 0 Å². The fraction of sp³-hybridized carbons (Fsp3) is 0.143. The molecule has 1 atom stereocenters. The normalized spacial score (nSPS) is 12.4. The van der Waals surface area contributed by atoms with Crippen molar-refractivity contribution in [2.24, 2.45) is 0 Å². The first-order valence-corrected chi connectivity index (χ1v) is 6.67. The van der Waals surface area contributed by atoms with Gasteiger partial charge < -0.3 is 5.11 Å². The van der Waals surface area contributed by atoms with Crippen LogP contribution in [-0.4, -0.2) is 10.9 Å². The van der Waals surface area contributed by atoms with E-state index in [2.05, 4.69) is 0 Å². The number of halogens is 4. The summed E-state index contributed by atoms with van der Waals surface area (Å²) in [5, 5.41) is 9.81. The molecule has 0 saturated carbocycles. The minimum atomic E-state index is -1.60. The highest BCUT2D eigenvalue weighted by atomic mass is 32.2. The van der Waals surface area contributed by atoms with Crippen LogP contribution in [0.2, 0.25) is 0 Å². The zero-order valence-corrected chi connectivity index (χ0v) is 10.9. The Morgan fingerprint density at radius 3 is 2.20 bits per heavy atom. The monoisotopic (exact) mass is 302 g/mol. The first-order valence-electron chi connectivity index (χ1n) is 5.69.